The van der Waals surface area contributed by atoms with E-state index in [0.29, 0.717) is 21.3 Å². The molecule has 0 amide bonds. The van der Waals surface area contributed by atoms with Crippen molar-refractivity contribution >= 4 is 50.3 Å². The third-order valence-corrected chi connectivity index (χ3v) is 6.98. The molecule has 29 heavy (non-hydrogen) atoms. The molecule has 0 aromatic heterocycles. The standard InChI is InChI=1S/C18H20Cl2N4O4S/c1-4-23(5-2)29(27,28)14-7-9-17(18(11-14)24(25)26)22-21-12(3)13-6-8-15(19)16(20)10-13/h6-11,22H,4-5H2,1-3H3/b21-12+. The second-order valence-corrected chi connectivity index (χ2v) is 8.72. The van der Waals surface area contributed by atoms with Gasteiger partial charge in [0.2, 0.25) is 10.0 Å². The highest BCUT2D eigenvalue weighted by atomic mass is 35.5. The Balaban J connectivity index is 2.38. The van der Waals surface area contributed by atoms with E-state index in [1.54, 1.807) is 39.0 Å². The molecule has 0 spiro atoms. The summed E-state index contributed by atoms with van der Waals surface area (Å²) in [5.74, 6) is 0. The maximum atomic E-state index is 12.6. The lowest BCUT2D eigenvalue weighted by atomic mass is 10.1. The molecule has 0 bridgehead atoms. The Labute approximate surface area is 179 Å². The van der Waals surface area contributed by atoms with Crippen LogP contribution >= 0.6 is 23.2 Å². The third kappa shape index (κ3) is 5.24. The van der Waals surface area contributed by atoms with Crippen molar-refractivity contribution in [3.8, 4) is 0 Å². The molecule has 2 aromatic rings. The minimum Gasteiger partial charge on any atom is -0.271 e. The van der Waals surface area contributed by atoms with Gasteiger partial charge in [0.05, 0.1) is 25.6 Å². The number of hydrazone groups is 1. The number of nitrogens with one attached hydrogen (secondary N) is 1. The molecule has 156 valence electrons. The van der Waals surface area contributed by atoms with Crippen molar-refractivity contribution in [1.29, 1.82) is 0 Å². The SMILES string of the molecule is CCN(CC)S(=O)(=O)c1ccc(N/N=C(\C)c2ccc(Cl)c(Cl)c2)c([N+](=O)[O-])c1. The van der Waals surface area contributed by atoms with E-state index in [2.05, 4.69) is 10.5 Å². The van der Waals surface area contributed by atoms with Crippen LogP contribution in [0.5, 0.6) is 0 Å². The van der Waals surface area contributed by atoms with Crippen LogP contribution in [0, 0.1) is 10.1 Å². The quantitative estimate of drug-likeness (QED) is 0.348. The van der Waals surface area contributed by atoms with E-state index in [1.165, 1.54) is 16.4 Å². The van der Waals surface area contributed by atoms with Gasteiger partial charge in [-0.05, 0) is 36.8 Å². The van der Waals surface area contributed by atoms with Gasteiger partial charge >= 0.3 is 0 Å². The number of halogens is 2. The first-order valence-corrected chi connectivity index (χ1v) is 10.9. The van der Waals surface area contributed by atoms with Crippen LogP contribution in [0.4, 0.5) is 11.4 Å². The number of nitro benzene ring substituents is 1. The fourth-order valence-electron chi connectivity index (χ4n) is 2.56. The second kappa shape index (κ2) is 9.53. The van der Waals surface area contributed by atoms with Crippen molar-refractivity contribution in [1.82, 2.24) is 4.31 Å². The van der Waals surface area contributed by atoms with E-state index >= 15 is 0 Å². The highest BCUT2D eigenvalue weighted by molar-refractivity contribution is 7.89. The highest BCUT2D eigenvalue weighted by Gasteiger charge is 2.25. The Morgan fingerprint density at radius 1 is 1.14 bits per heavy atom. The largest absolute Gasteiger partial charge is 0.295 e. The van der Waals surface area contributed by atoms with Gasteiger partial charge in [-0.15, -0.1) is 0 Å². The first-order chi connectivity index (χ1) is 13.6. The van der Waals surface area contributed by atoms with Crippen molar-refractivity contribution in [3.63, 3.8) is 0 Å². The topological polar surface area (TPSA) is 105 Å². The number of nitro groups is 1. The molecule has 0 atom stereocenters. The van der Waals surface area contributed by atoms with Crippen LogP contribution in [0.1, 0.15) is 26.3 Å². The summed E-state index contributed by atoms with van der Waals surface area (Å²) in [4.78, 5) is 10.7. The molecular weight excluding hydrogens is 439 g/mol. The molecule has 2 rings (SSSR count). The number of anilines is 1. The van der Waals surface area contributed by atoms with Gasteiger partial charge < -0.3 is 0 Å². The van der Waals surface area contributed by atoms with Crippen LogP contribution in [0.15, 0.2) is 46.4 Å². The zero-order chi connectivity index (χ0) is 21.8. The number of benzene rings is 2. The van der Waals surface area contributed by atoms with Gasteiger partial charge in [-0.1, -0.05) is 43.1 Å². The lowest BCUT2D eigenvalue weighted by molar-refractivity contribution is -0.384. The van der Waals surface area contributed by atoms with Crippen LogP contribution in [-0.2, 0) is 10.0 Å². The summed E-state index contributed by atoms with van der Waals surface area (Å²) < 4.78 is 26.5. The predicted octanol–water partition coefficient (Wildman–Crippen LogP) is 4.77. The molecule has 0 fully saturated rings. The van der Waals surface area contributed by atoms with E-state index < -0.39 is 20.6 Å². The summed E-state index contributed by atoms with van der Waals surface area (Å²) in [5, 5.41) is 16.4. The number of nitrogens with zero attached hydrogens (tertiary/aromatic N) is 3. The molecule has 8 nitrogen and oxygen atoms in total. The summed E-state index contributed by atoms with van der Waals surface area (Å²) in [7, 11) is -3.82. The molecule has 2 aromatic carbocycles. The number of rotatable bonds is 8. The van der Waals surface area contributed by atoms with Crippen LogP contribution in [0.3, 0.4) is 0 Å². The zero-order valence-corrected chi connectivity index (χ0v) is 18.3. The zero-order valence-electron chi connectivity index (χ0n) is 16.0. The molecular formula is C18H20Cl2N4O4S. The highest BCUT2D eigenvalue weighted by Crippen LogP contribution is 2.29. The summed E-state index contributed by atoms with van der Waals surface area (Å²) in [5.41, 5.74) is 3.48. The Morgan fingerprint density at radius 2 is 1.79 bits per heavy atom. The summed E-state index contributed by atoms with van der Waals surface area (Å²) in [6.07, 6.45) is 0. The minimum atomic E-state index is -3.82. The number of hydrogen-bond acceptors (Lipinski definition) is 6. The fraction of sp³-hybridized carbons (Fsp3) is 0.278. The smallest absolute Gasteiger partial charge is 0.271 e. The van der Waals surface area contributed by atoms with E-state index in [9.17, 15) is 18.5 Å². The lowest BCUT2D eigenvalue weighted by Crippen LogP contribution is -2.30. The Bertz CT molecular complexity index is 1050. The molecule has 0 aliphatic heterocycles. The number of hydrogen-bond donors (Lipinski definition) is 1. The summed E-state index contributed by atoms with van der Waals surface area (Å²) in [6, 6.07) is 8.61. The predicted molar refractivity (Wildman–Crippen MR) is 115 cm³/mol. The van der Waals surface area contributed by atoms with Gasteiger partial charge in [0.15, 0.2) is 0 Å². The van der Waals surface area contributed by atoms with E-state index in [0.717, 1.165) is 6.07 Å². The van der Waals surface area contributed by atoms with E-state index in [-0.39, 0.29) is 23.7 Å². The van der Waals surface area contributed by atoms with Crippen molar-refractivity contribution in [2.45, 2.75) is 25.7 Å². The number of sulfonamides is 1. The monoisotopic (exact) mass is 458 g/mol. The van der Waals surface area contributed by atoms with Crippen molar-refractivity contribution in [2.75, 3.05) is 18.5 Å². The molecule has 0 unspecified atom stereocenters. The maximum absolute atomic E-state index is 12.6. The second-order valence-electron chi connectivity index (χ2n) is 5.96. The third-order valence-electron chi connectivity index (χ3n) is 4.19. The van der Waals surface area contributed by atoms with Gasteiger partial charge in [0.25, 0.3) is 5.69 Å². The molecule has 0 radical (unpaired) electrons. The summed E-state index contributed by atoms with van der Waals surface area (Å²) >= 11 is 11.9. The summed E-state index contributed by atoms with van der Waals surface area (Å²) in [6.45, 7) is 5.62. The molecule has 0 heterocycles. The van der Waals surface area contributed by atoms with Crippen molar-refractivity contribution in [2.24, 2.45) is 5.10 Å². The molecule has 0 saturated carbocycles. The molecule has 0 aliphatic rings. The first kappa shape index (κ1) is 23.1. The molecule has 11 heteroatoms. The fourth-order valence-corrected chi connectivity index (χ4v) is 4.34. The maximum Gasteiger partial charge on any atom is 0.295 e. The van der Waals surface area contributed by atoms with Gasteiger partial charge in [-0.2, -0.15) is 9.41 Å². The minimum absolute atomic E-state index is 0.0629. The molecule has 1 N–H and O–H groups in total. The van der Waals surface area contributed by atoms with Gasteiger partial charge in [-0.3, -0.25) is 15.5 Å². The first-order valence-electron chi connectivity index (χ1n) is 8.66. The van der Waals surface area contributed by atoms with Crippen LogP contribution in [-0.4, -0.2) is 36.4 Å². The van der Waals surface area contributed by atoms with Crippen molar-refractivity contribution in [3.05, 3.63) is 62.1 Å². The molecule has 0 saturated heterocycles. The van der Waals surface area contributed by atoms with Gasteiger partial charge in [0.1, 0.15) is 5.69 Å². The normalized spacial score (nSPS) is 12.3. The van der Waals surface area contributed by atoms with Crippen molar-refractivity contribution < 1.29 is 13.3 Å². The van der Waals surface area contributed by atoms with E-state index in [1.807, 2.05) is 0 Å². The van der Waals surface area contributed by atoms with Crippen LogP contribution in [0.25, 0.3) is 0 Å². The Morgan fingerprint density at radius 3 is 2.34 bits per heavy atom. The Kier molecular flexibility index (Phi) is 7.59. The average molecular weight is 459 g/mol. The van der Waals surface area contributed by atoms with E-state index in [4.69, 9.17) is 23.2 Å². The van der Waals surface area contributed by atoms with Crippen LogP contribution in [0.2, 0.25) is 10.0 Å². The lowest BCUT2D eigenvalue weighted by Gasteiger charge is -2.18. The average Bonchev–Trinajstić information content (AvgIpc) is 2.68. The van der Waals surface area contributed by atoms with Gasteiger partial charge in [0, 0.05) is 19.2 Å². The van der Waals surface area contributed by atoms with Gasteiger partial charge in [-0.25, -0.2) is 8.42 Å². The molecule has 0 aliphatic carbocycles. The Hall–Kier alpha value is -2.20. The van der Waals surface area contributed by atoms with Crippen LogP contribution < -0.4 is 5.43 Å².